The van der Waals surface area contributed by atoms with Crippen LogP contribution in [-0.2, 0) is 5.60 Å². The number of hydrogen-bond donors (Lipinski definition) is 1. The molecule has 1 aliphatic rings. The summed E-state index contributed by atoms with van der Waals surface area (Å²) in [5.74, 6) is 0.295. The zero-order valence-electron chi connectivity index (χ0n) is 12.0. The van der Waals surface area contributed by atoms with Crippen LogP contribution in [0.4, 0.5) is 0 Å². The summed E-state index contributed by atoms with van der Waals surface area (Å²) in [4.78, 5) is 11.6. The second-order valence-electron chi connectivity index (χ2n) is 5.72. The molecular weight excluding hydrogens is 288 g/mol. The summed E-state index contributed by atoms with van der Waals surface area (Å²) in [7, 11) is 0. The van der Waals surface area contributed by atoms with Gasteiger partial charge in [0.1, 0.15) is 17.1 Å². The lowest BCUT2D eigenvalue weighted by Crippen LogP contribution is -2.29. The highest BCUT2D eigenvalue weighted by molar-refractivity contribution is 6.31. The Morgan fingerprint density at radius 3 is 2.57 bits per heavy atom. The Hall–Kier alpha value is -2.00. The molecule has 21 heavy (non-hydrogen) atoms. The molecule has 0 atom stereocenters. The van der Waals surface area contributed by atoms with Crippen LogP contribution in [0.15, 0.2) is 30.3 Å². The number of carbonyl (C=O) groups is 1. The van der Waals surface area contributed by atoms with Gasteiger partial charge in [0.15, 0.2) is 5.78 Å². The van der Waals surface area contributed by atoms with Gasteiger partial charge in [-0.15, -0.1) is 0 Å². The number of benzene rings is 2. The van der Waals surface area contributed by atoms with Crippen molar-refractivity contribution in [2.24, 2.45) is 0 Å². The number of aromatic hydroxyl groups is 1. The quantitative estimate of drug-likeness (QED) is 0.787. The molecule has 0 saturated heterocycles. The Morgan fingerprint density at radius 2 is 1.90 bits per heavy atom. The molecule has 0 radical (unpaired) electrons. The van der Waals surface area contributed by atoms with E-state index < -0.39 is 5.60 Å². The van der Waals surface area contributed by atoms with Crippen molar-refractivity contribution in [3.8, 4) is 22.6 Å². The molecule has 0 spiro atoms. The van der Waals surface area contributed by atoms with E-state index in [9.17, 15) is 9.90 Å². The number of Topliss-reactive ketones (excluding diaryl/α,β-unsaturated/α-hetero) is 1. The molecule has 0 fully saturated rings. The predicted molar refractivity (Wildman–Crippen MR) is 82.2 cm³/mol. The van der Waals surface area contributed by atoms with Gasteiger partial charge in [0.2, 0.25) is 0 Å². The summed E-state index contributed by atoms with van der Waals surface area (Å²) in [6, 6.07) is 8.78. The molecule has 1 aliphatic heterocycles. The number of ketones is 1. The Kier molecular flexibility index (Phi) is 2.99. The Morgan fingerprint density at radius 1 is 1.19 bits per heavy atom. The molecule has 0 bridgehead atoms. The average molecular weight is 303 g/mol. The van der Waals surface area contributed by atoms with Crippen molar-refractivity contribution in [1.82, 2.24) is 0 Å². The monoisotopic (exact) mass is 302 g/mol. The molecule has 3 rings (SSSR count). The van der Waals surface area contributed by atoms with Gasteiger partial charge in [-0.25, -0.2) is 0 Å². The first-order valence-corrected chi connectivity index (χ1v) is 7.05. The first-order valence-electron chi connectivity index (χ1n) is 6.67. The maximum Gasteiger partial charge on any atom is 0.163 e. The number of hydrogen-bond acceptors (Lipinski definition) is 3. The van der Waals surface area contributed by atoms with E-state index in [1.54, 1.807) is 6.07 Å². The number of phenolic OH excluding ortho intramolecular Hbond substituents is 1. The summed E-state index contributed by atoms with van der Waals surface area (Å²) in [6.07, 6.45) is 0. The summed E-state index contributed by atoms with van der Waals surface area (Å²) < 4.78 is 5.99. The molecule has 4 heteroatoms. The first kappa shape index (κ1) is 14.0. The van der Waals surface area contributed by atoms with E-state index in [1.807, 2.05) is 32.0 Å². The fourth-order valence-electron chi connectivity index (χ4n) is 2.74. The van der Waals surface area contributed by atoms with Crippen LogP contribution in [-0.4, -0.2) is 10.9 Å². The van der Waals surface area contributed by atoms with Crippen LogP contribution < -0.4 is 4.74 Å². The van der Waals surface area contributed by atoms with E-state index in [2.05, 4.69) is 0 Å². The number of rotatable bonds is 1. The molecule has 0 unspecified atom stereocenters. The lowest BCUT2D eigenvalue weighted by molar-refractivity contribution is 0.101. The third-order valence-corrected chi connectivity index (χ3v) is 4.00. The van der Waals surface area contributed by atoms with E-state index in [1.165, 1.54) is 13.0 Å². The van der Waals surface area contributed by atoms with E-state index in [0.717, 1.165) is 16.7 Å². The zero-order chi connectivity index (χ0) is 15.4. The van der Waals surface area contributed by atoms with Crippen molar-refractivity contribution in [3.05, 3.63) is 46.5 Å². The smallest absolute Gasteiger partial charge is 0.163 e. The van der Waals surface area contributed by atoms with Crippen LogP contribution in [0.5, 0.6) is 11.5 Å². The summed E-state index contributed by atoms with van der Waals surface area (Å²) in [5, 5.41) is 10.6. The Bertz CT molecular complexity index is 763. The number of halogens is 1. The number of phenols is 1. The van der Waals surface area contributed by atoms with Crippen molar-refractivity contribution < 1.29 is 14.6 Å². The third-order valence-electron chi connectivity index (χ3n) is 3.76. The van der Waals surface area contributed by atoms with Gasteiger partial charge in [-0.3, -0.25) is 4.79 Å². The molecule has 2 aromatic carbocycles. The molecule has 1 heterocycles. The van der Waals surface area contributed by atoms with Gasteiger partial charge in [0, 0.05) is 22.2 Å². The Labute approximate surface area is 128 Å². The van der Waals surface area contributed by atoms with Gasteiger partial charge in [-0.1, -0.05) is 17.7 Å². The molecule has 3 nitrogen and oxygen atoms in total. The highest BCUT2D eigenvalue weighted by atomic mass is 35.5. The van der Waals surface area contributed by atoms with Crippen LogP contribution in [0.1, 0.15) is 36.7 Å². The van der Waals surface area contributed by atoms with Crippen molar-refractivity contribution in [3.63, 3.8) is 0 Å². The molecular formula is C17H15ClO3. The second kappa shape index (κ2) is 4.50. The van der Waals surface area contributed by atoms with Crippen LogP contribution >= 0.6 is 11.6 Å². The highest BCUT2D eigenvalue weighted by Crippen LogP contribution is 2.47. The maximum atomic E-state index is 11.6. The summed E-state index contributed by atoms with van der Waals surface area (Å²) in [6.45, 7) is 5.34. The zero-order valence-corrected chi connectivity index (χ0v) is 12.8. The summed E-state index contributed by atoms with van der Waals surface area (Å²) in [5.41, 5.74) is 2.45. The molecule has 1 N–H and O–H groups in total. The normalized spacial score (nSPS) is 14.9. The highest BCUT2D eigenvalue weighted by Gasteiger charge is 2.33. The van der Waals surface area contributed by atoms with Gasteiger partial charge >= 0.3 is 0 Å². The lowest BCUT2D eigenvalue weighted by atomic mass is 9.85. The SMILES string of the molecule is CC(=O)c1cc2c(cc1O)OC(C)(C)c1ccc(Cl)cc1-2. The van der Waals surface area contributed by atoms with Crippen LogP contribution in [0.2, 0.25) is 5.02 Å². The largest absolute Gasteiger partial charge is 0.507 e. The first-order chi connectivity index (χ1) is 9.79. The van der Waals surface area contributed by atoms with Crippen LogP contribution in [0, 0.1) is 0 Å². The van der Waals surface area contributed by atoms with E-state index in [-0.39, 0.29) is 17.1 Å². The minimum absolute atomic E-state index is 0.0671. The van der Waals surface area contributed by atoms with Gasteiger partial charge in [0.25, 0.3) is 0 Å². The van der Waals surface area contributed by atoms with Gasteiger partial charge in [0.05, 0.1) is 5.56 Å². The third kappa shape index (κ3) is 2.18. The number of fused-ring (bicyclic) bond motifs is 3. The fraction of sp³-hybridized carbons (Fsp3) is 0.235. The van der Waals surface area contributed by atoms with Gasteiger partial charge in [-0.05, 0) is 44.5 Å². The topological polar surface area (TPSA) is 46.5 Å². The molecule has 108 valence electrons. The van der Waals surface area contributed by atoms with E-state index in [4.69, 9.17) is 16.3 Å². The summed E-state index contributed by atoms with van der Waals surface area (Å²) >= 11 is 6.11. The number of carbonyl (C=O) groups excluding carboxylic acids is 1. The fourth-order valence-corrected chi connectivity index (χ4v) is 2.91. The second-order valence-corrected chi connectivity index (χ2v) is 6.16. The average Bonchev–Trinajstić information content (AvgIpc) is 2.36. The molecule has 0 aliphatic carbocycles. The standard InChI is InChI=1S/C17H15ClO3/c1-9(19)11-7-13-12-6-10(18)4-5-14(12)17(2,3)21-16(13)8-15(11)20/h4-8,20H,1-3H3. The lowest BCUT2D eigenvalue weighted by Gasteiger charge is -2.35. The van der Waals surface area contributed by atoms with Crippen molar-refractivity contribution >= 4 is 17.4 Å². The van der Waals surface area contributed by atoms with Gasteiger partial charge in [-0.2, -0.15) is 0 Å². The Balaban J connectivity index is 2.33. The molecule has 0 aromatic heterocycles. The maximum absolute atomic E-state index is 11.6. The van der Waals surface area contributed by atoms with Crippen LogP contribution in [0.3, 0.4) is 0 Å². The molecule has 0 amide bonds. The van der Waals surface area contributed by atoms with E-state index >= 15 is 0 Å². The minimum atomic E-state index is -0.531. The molecule has 0 saturated carbocycles. The predicted octanol–water partition coefficient (Wildman–Crippen LogP) is 4.54. The minimum Gasteiger partial charge on any atom is -0.507 e. The van der Waals surface area contributed by atoms with Crippen molar-refractivity contribution in [2.75, 3.05) is 0 Å². The number of ether oxygens (including phenoxy) is 1. The van der Waals surface area contributed by atoms with Crippen molar-refractivity contribution in [2.45, 2.75) is 26.4 Å². The van der Waals surface area contributed by atoms with Crippen molar-refractivity contribution in [1.29, 1.82) is 0 Å². The van der Waals surface area contributed by atoms with E-state index in [0.29, 0.717) is 10.8 Å². The van der Waals surface area contributed by atoms with Crippen LogP contribution in [0.25, 0.3) is 11.1 Å². The van der Waals surface area contributed by atoms with Gasteiger partial charge < -0.3 is 9.84 Å². The molecule has 2 aromatic rings.